The quantitative estimate of drug-likeness (QED) is 0.610. The number of methoxy groups -OCH3 is 1. The van der Waals surface area contributed by atoms with Crippen molar-refractivity contribution in [2.45, 2.75) is 30.7 Å². The lowest BCUT2D eigenvalue weighted by molar-refractivity contribution is -0.0345. The highest BCUT2D eigenvalue weighted by molar-refractivity contribution is 6.32. The zero-order valence-corrected chi connectivity index (χ0v) is 21.8. The number of rotatable bonds is 7. The summed E-state index contributed by atoms with van der Waals surface area (Å²) in [5, 5.41) is 10.4. The van der Waals surface area contributed by atoms with Crippen LogP contribution in [-0.4, -0.2) is 97.9 Å². The molecule has 194 valence electrons. The Labute approximate surface area is 218 Å². The lowest BCUT2D eigenvalue weighted by atomic mass is 9.71. The van der Waals surface area contributed by atoms with E-state index in [4.69, 9.17) is 21.1 Å². The number of likely N-dealkylation sites (tertiary alicyclic amines) is 2. The molecule has 3 heterocycles. The highest BCUT2D eigenvalue weighted by Gasteiger charge is 2.41. The van der Waals surface area contributed by atoms with E-state index in [9.17, 15) is 9.90 Å². The van der Waals surface area contributed by atoms with E-state index in [0.717, 1.165) is 70.8 Å². The van der Waals surface area contributed by atoms with Gasteiger partial charge in [0.15, 0.2) is 0 Å². The number of ether oxygens (including phenoxy) is 2. The minimum atomic E-state index is -0.225. The molecule has 1 N–H and O–H groups in total. The number of nitrogens with zero attached hydrogens (tertiary/aromatic N) is 3. The maximum Gasteiger partial charge on any atom is 0.257 e. The number of hydrogen-bond donors (Lipinski definition) is 1. The number of phenolic OH excluding ortho intramolecular Hbond substituents is 1. The summed E-state index contributed by atoms with van der Waals surface area (Å²) in [7, 11) is 1.60. The van der Waals surface area contributed by atoms with E-state index in [1.54, 1.807) is 13.2 Å². The molecule has 2 aromatic rings. The van der Waals surface area contributed by atoms with E-state index in [0.29, 0.717) is 35.5 Å². The van der Waals surface area contributed by atoms with Crippen molar-refractivity contribution in [2.75, 3.05) is 66.1 Å². The van der Waals surface area contributed by atoms with Crippen molar-refractivity contribution in [3.63, 3.8) is 0 Å². The van der Waals surface area contributed by atoms with Crippen LogP contribution in [0.5, 0.6) is 11.5 Å². The number of morpholine rings is 1. The summed E-state index contributed by atoms with van der Waals surface area (Å²) in [6.07, 6.45) is 2.82. The number of carbonyl (C=O) groups is 1. The van der Waals surface area contributed by atoms with Gasteiger partial charge in [0, 0.05) is 50.7 Å². The molecule has 0 spiro atoms. The topological polar surface area (TPSA) is 65.5 Å². The molecule has 3 aliphatic heterocycles. The van der Waals surface area contributed by atoms with Gasteiger partial charge >= 0.3 is 0 Å². The molecular weight excluding hydrogens is 478 g/mol. The van der Waals surface area contributed by atoms with Gasteiger partial charge in [0.2, 0.25) is 0 Å². The minimum Gasteiger partial charge on any atom is -0.506 e. The Balaban J connectivity index is 1.33. The number of benzene rings is 2. The average molecular weight is 514 g/mol. The molecule has 3 saturated heterocycles. The van der Waals surface area contributed by atoms with E-state index in [1.165, 1.54) is 0 Å². The van der Waals surface area contributed by atoms with Crippen LogP contribution in [0.25, 0.3) is 0 Å². The summed E-state index contributed by atoms with van der Waals surface area (Å²) >= 11 is 6.36. The Morgan fingerprint density at radius 3 is 2.69 bits per heavy atom. The summed E-state index contributed by atoms with van der Waals surface area (Å²) in [5.74, 6) is 0.684. The van der Waals surface area contributed by atoms with E-state index < -0.39 is 0 Å². The lowest BCUT2D eigenvalue weighted by Gasteiger charge is -2.49. The fraction of sp³-hybridized carbons (Fsp3) is 0.536. The first-order chi connectivity index (χ1) is 17.5. The molecule has 5 rings (SSSR count). The Kier molecular flexibility index (Phi) is 7.72. The summed E-state index contributed by atoms with van der Waals surface area (Å²) in [5.41, 5.74) is 1.46. The molecule has 36 heavy (non-hydrogen) atoms. The normalized spacial score (nSPS) is 23.9. The Bertz CT molecular complexity index is 1070. The molecule has 0 aromatic heterocycles. The van der Waals surface area contributed by atoms with Crippen LogP contribution in [0.3, 0.4) is 0 Å². The zero-order valence-electron chi connectivity index (χ0n) is 21.0. The molecule has 0 saturated carbocycles. The van der Waals surface area contributed by atoms with Crippen molar-refractivity contribution in [1.82, 2.24) is 14.7 Å². The van der Waals surface area contributed by atoms with Crippen LogP contribution < -0.4 is 4.74 Å². The van der Waals surface area contributed by atoms with E-state index in [-0.39, 0.29) is 17.1 Å². The third-order valence-corrected chi connectivity index (χ3v) is 8.47. The first-order valence-electron chi connectivity index (χ1n) is 12.9. The van der Waals surface area contributed by atoms with Crippen LogP contribution >= 0.6 is 11.6 Å². The van der Waals surface area contributed by atoms with Crippen molar-refractivity contribution in [3.8, 4) is 11.5 Å². The first-order valence-corrected chi connectivity index (χ1v) is 13.3. The van der Waals surface area contributed by atoms with Gasteiger partial charge in [-0.2, -0.15) is 0 Å². The highest BCUT2D eigenvalue weighted by atomic mass is 35.5. The van der Waals surface area contributed by atoms with E-state index >= 15 is 0 Å². The Morgan fingerprint density at radius 2 is 1.94 bits per heavy atom. The number of phenols is 1. The number of aromatic hydroxyl groups is 1. The second-order valence-corrected chi connectivity index (χ2v) is 10.7. The predicted molar refractivity (Wildman–Crippen MR) is 140 cm³/mol. The van der Waals surface area contributed by atoms with E-state index in [1.807, 2.05) is 41.3 Å². The number of halogens is 1. The van der Waals surface area contributed by atoms with Crippen LogP contribution in [0.15, 0.2) is 42.5 Å². The average Bonchev–Trinajstić information content (AvgIpc) is 2.89. The molecule has 1 atom stereocenters. The van der Waals surface area contributed by atoms with Crippen molar-refractivity contribution in [2.24, 2.45) is 0 Å². The number of carbonyl (C=O) groups excluding carboxylic acids is 1. The van der Waals surface area contributed by atoms with Gasteiger partial charge in [-0.05, 0) is 55.6 Å². The van der Waals surface area contributed by atoms with Gasteiger partial charge in [0.05, 0.1) is 30.9 Å². The van der Waals surface area contributed by atoms with Gasteiger partial charge in [0.1, 0.15) is 11.5 Å². The molecule has 3 fully saturated rings. The standard InChI is InChI=1S/C28H36ClN3O4/c1-35-26-6-3-2-5-23(26)27(34)32-11-4-9-28(20-32,21-7-8-25(33)24(29)17-21)10-12-30-18-22(19-30)31-13-15-36-16-14-31/h2-3,5-8,17,22,33H,4,9-16,18-20H2,1H3. The fourth-order valence-corrected chi connectivity index (χ4v) is 6.17. The molecule has 0 bridgehead atoms. The van der Waals surface area contributed by atoms with Crippen molar-refractivity contribution in [1.29, 1.82) is 0 Å². The van der Waals surface area contributed by atoms with Gasteiger partial charge in [-0.1, -0.05) is 29.8 Å². The molecular formula is C28H36ClN3O4. The molecule has 1 amide bonds. The molecule has 0 radical (unpaired) electrons. The third-order valence-electron chi connectivity index (χ3n) is 8.17. The maximum absolute atomic E-state index is 13.6. The van der Waals surface area contributed by atoms with Crippen molar-refractivity contribution < 1.29 is 19.4 Å². The van der Waals surface area contributed by atoms with Crippen LogP contribution in [0.2, 0.25) is 5.02 Å². The van der Waals surface area contributed by atoms with Crippen LogP contribution in [0.4, 0.5) is 0 Å². The highest BCUT2D eigenvalue weighted by Crippen LogP contribution is 2.41. The van der Waals surface area contributed by atoms with Crippen LogP contribution in [0.1, 0.15) is 35.2 Å². The van der Waals surface area contributed by atoms with Crippen molar-refractivity contribution >= 4 is 17.5 Å². The number of para-hydroxylation sites is 1. The molecule has 7 nitrogen and oxygen atoms in total. The second kappa shape index (κ2) is 11.0. The first kappa shape index (κ1) is 25.3. The molecule has 0 aliphatic carbocycles. The predicted octanol–water partition coefficient (Wildman–Crippen LogP) is 3.63. The maximum atomic E-state index is 13.6. The Hall–Kier alpha value is -2.32. The summed E-state index contributed by atoms with van der Waals surface area (Å²) in [6, 6.07) is 13.6. The van der Waals surface area contributed by atoms with Gasteiger partial charge in [0.25, 0.3) is 5.91 Å². The second-order valence-electron chi connectivity index (χ2n) is 10.3. The van der Waals surface area contributed by atoms with Crippen LogP contribution in [-0.2, 0) is 10.2 Å². The minimum absolute atomic E-state index is 0.00210. The molecule has 2 aromatic carbocycles. The van der Waals surface area contributed by atoms with Gasteiger partial charge in [-0.25, -0.2) is 0 Å². The zero-order chi connectivity index (χ0) is 25.1. The number of hydrogen-bond acceptors (Lipinski definition) is 6. The number of amides is 1. The fourth-order valence-electron chi connectivity index (χ4n) is 5.99. The van der Waals surface area contributed by atoms with Crippen molar-refractivity contribution in [3.05, 3.63) is 58.6 Å². The summed E-state index contributed by atoms with van der Waals surface area (Å²) in [4.78, 5) is 20.6. The van der Waals surface area contributed by atoms with Gasteiger partial charge in [-0.3, -0.25) is 9.69 Å². The summed E-state index contributed by atoms with van der Waals surface area (Å²) in [6.45, 7) is 8.17. The molecule has 3 aliphatic rings. The van der Waals surface area contributed by atoms with Gasteiger partial charge in [-0.15, -0.1) is 0 Å². The van der Waals surface area contributed by atoms with Gasteiger partial charge < -0.3 is 24.4 Å². The Morgan fingerprint density at radius 1 is 1.17 bits per heavy atom. The van der Waals surface area contributed by atoms with Crippen LogP contribution in [0, 0.1) is 0 Å². The lowest BCUT2D eigenvalue weighted by Crippen LogP contribution is -2.62. The SMILES string of the molecule is COc1ccccc1C(=O)N1CCCC(CCN2CC(N3CCOCC3)C2)(c2ccc(O)c(Cl)c2)C1. The third kappa shape index (κ3) is 5.21. The largest absolute Gasteiger partial charge is 0.506 e. The summed E-state index contributed by atoms with van der Waals surface area (Å²) < 4.78 is 11.0. The van der Waals surface area contributed by atoms with E-state index in [2.05, 4.69) is 9.80 Å². The molecule has 8 heteroatoms. The number of piperidine rings is 1. The molecule has 1 unspecified atom stereocenters. The smallest absolute Gasteiger partial charge is 0.257 e. The monoisotopic (exact) mass is 513 g/mol.